The van der Waals surface area contributed by atoms with Crippen LogP contribution in [0.15, 0.2) is 36.4 Å². The fourth-order valence-corrected chi connectivity index (χ4v) is 2.39. The quantitative estimate of drug-likeness (QED) is 0.864. The van der Waals surface area contributed by atoms with Crippen molar-refractivity contribution >= 4 is 10.8 Å². The molecule has 0 heterocycles. The minimum Gasteiger partial charge on any atom is -0.328 e. The predicted molar refractivity (Wildman–Crippen MR) is 78.8 cm³/mol. The van der Waals surface area contributed by atoms with E-state index < -0.39 is 0 Å². The Kier molecular flexibility index (Phi) is 4.00. The molecular weight excluding hydrogens is 220 g/mol. The number of hydrogen-bond acceptors (Lipinski definition) is 2. The largest absolute Gasteiger partial charge is 0.328 e. The molecule has 0 aliphatic heterocycles. The van der Waals surface area contributed by atoms with Crippen LogP contribution in [0.4, 0.5) is 0 Å². The van der Waals surface area contributed by atoms with E-state index in [4.69, 9.17) is 5.73 Å². The molecule has 0 fully saturated rings. The number of rotatable bonds is 4. The van der Waals surface area contributed by atoms with Gasteiger partial charge in [-0.15, -0.1) is 0 Å². The summed E-state index contributed by atoms with van der Waals surface area (Å²) >= 11 is 0. The van der Waals surface area contributed by atoms with Gasteiger partial charge in [0.2, 0.25) is 0 Å². The number of fused-ring (bicyclic) bond motifs is 1. The van der Waals surface area contributed by atoms with Gasteiger partial charge < -0.3 is 11.1 Å². The van der Waals surface area contributed by atoms with Crippen LogP contribution in [0.25, 0.3) is 10.8 Å². The normalized spacial score (nSPS) is 14.7. The zero-order valence-electron chi connectivity index (χ0n) is 11.4. The van der Waals surface area contributed by atoms with Crippen molar-refractivity contribution < 1.29 is 0 Å². The van der Waals surface area contributed by atoms with Crippen LogP contribution in [0.3, 0.4) is 0 Å². The first-order valence-electron chi connectivity index (χ1n) is 6.53. The Morgan fingerprint density at radius 3 is 2.44 bits per heavy atom. The molecule has 0 amide bonds. The molecule has 0 aliphatic carbocycles. The molecule has 2 unspecified atom stereocenters. The molecule has 2 nitrogen and oxygen atoms in total. The third kappa shape index (κ3) is 2.89. The Morgan fingerprint density at radius 2 is 1.78 bits per heavy atom. The summed E-state index contributed by atoms with van der Waals surface area (Å²) in [5.41, 5.74) is 8.51. The first kappa shape index (κ1) is 13.1. The molecule has 0 saturated carbocycles. The summed E-state index contributed by atoms with van der Waals surface area (Å²) < 4.78 is 0. The highest BCUT2D eigenvalue weighted by Gasteiger charge is 2.11. The zero-order chi connectivity index (χ0) is 13.1. The zero-order valence-corrected chi connectivity index (χ0v) is 11.4. The van der Waals surface area contributed by atoms with E-state index in [2.05, 4.69) is 55.6 Å². The Morgan fingerprint density at radius 1 is 1.11 bits per heavy atom. The van der Waals surface area contributed by atoms with Crippen LogP contribution >= 0.6 is 0 Å². The molecule has 0 radical (unpaired) electrons. The monoisotopic (exact) mass is 242 g/mol. The molecule has 2 aromatic rings. The van der Waals surface area contributed by atoms with Crippen LogP contribution in [0.5, 0.6) is 0 Å². The maximum absolute atomic E-state index is 5.90. The van der Waals surface area contributed by atoms with Gasteiger partial charge in [-0.05, 0) is 49.7 Å². The summed E-state index contributed by atoms with van der Waals surface area (Å²) in [5, 5.41) is 5.94. The van der Waals surface area contributed by atoms with E-state index >= 15 is 0 Å². The summed E-state index contributed by atoms with van der Waals surface area (Å²) in [6.07, 6.45) is 0.952. The molecule has 2 aromatic carbocycles. The van der Waals surface area contributed by atoms with Crippen LogP contribution < -0.4 is 11.1 Å². The number of hydrogen-bond donors (Lipinski definition) is 2. The maximum Gasteiger partial charge on any atom is 0.0332 e. The van der Waals surface area contributed by atoms with E-state index in [0.717, 1.165) is 6.42 Å². The van der Waals surface area contributed by atoms with Gasteiger partial charge >= 0.3 is 0 Å². The Labute approximate surface area is 109 Å². The molecule has 0 saturated heterocycles. The van der Waals surface area contributed by atoms with Gasteiger partial charge in [0.15, 0.2) is 0 Å². The van der Waals surface area contributed by atoms with Crippen molar-refractivity contribution in [3.05, 3.63) is 47.5 Å². The fourth-order valence-electron chi connectivity index (χ4n) is 2.39. The second-order valence-electron chi connectivity index (χ2n) is 5.16. The Hall–Kier alpha value is -1.38. The minimum atomic E-state index is 0.205. The van der Waals surface area contributed by atoms with Crippen molar-refractivity contribution in [1.29, 1.82) is 0 Å². The van der Waals surface area contributed by atoms with Crippen molar-refractivity contribution in [3.8, 4) is 0 Å². The molecule has 18 heavy (non-hydrogen) atoms. The van der Waals surface area contributed by atoms with Gasteiger partial charge in [-0.3, -0.25) is 0 Å². The van der Waals surface area contributed by atoms with E-state index in [9.17, 15) is 0 Å². The lowest BCUT2D eigenvalue weighted by molar-refractivity contribution is 0.500. The van der Waals surface area contributed by atoms with Crippen molar-refractivity contribution in [3.63, 3.8) is 0 Å². The third-order valence-electron chi connectivity index (χ3n) is 3.38. The maximum atomic E-state index is 5.90. The summed E-state index contributed by atoms with van der Waals surface area (Å²) in [6.45, 7) is 4.18. The van der Waals surface area contributed by atoms with Gasteiger partial charge in [0, 0.05) is 12.1 Å². The average Bonchev–Trinajstić information content (AvgIpc) is 2.35. The third-order valence-corrected chi connectivity index (χ3v) is 3.38. The highest BCUT2D eigenvalue weighted by atomic mass is 14.9. The van der Waals surface area contributed by atoms with Crippen LogP contribution in [0, 0.1) is 6.92 Å². The van der Waals surface area contributed by atoms with Gasteiger partial charge in [-0.25, -0.2) is 0 Å². The van der Waals surface area contributed by atoms with Crippen molar-refractivity contribution in [2.45, 2.75) is 32.4 Å². The average molecular weight is 242 g/mol. The van der Waals surface area contributed by atoms with Crippen LogP contribution in [0.2, 0.25) is 0 Å². The van der Waals surface area contributed by atoms with Crippen LogP contribution in [-0.2, 0) is 0 Å². The van der Waals surface area contributed by atoms with Gasteiger partial charge in [0.1, 0.15) is 0 Å². The molecule has 0 bridgehead atoms. The summed E-state index contributed by atoms with van der Waals surface area (Å²) in [4.78, 5) is 0. The van der Waals surface area contributed by atoms with E-state index in [-0.39, 0.29) is 6.04 Å². The lowest BCUT2D eigenvalue weighted by Crippen LogP contribution is -2.25. The van der Waals surface area contributed by atoms with E-state index in [0.29, 0.717) is 6.04 Å². The van der Waals surface area contributed by atoms with E-state index in [1.807, 2.05) is 7.05 Å². The van der Waals surface area contributed by atoms with Crippen LogP contribution in [0.1, 0.15) is 30.5 Å². The van der Waals surface area contributed by atoms with Gasteiger partial charge in [-0.2, -0.15) is 0 Å². The van der Waals surface area contributed by atoms with E-state index in [1.54, 1.807) is 0 Å². The molecule has 3 N–H and O–H groups in total. The number of nitrogens with one attached hydrogen (secondary N) is 1. The first-order valence-corrected chi connectivity index (χ1v) is 6.53. The molecular formula is C16H22N2. The van der Waals surface area contributed by atoms with Gasteiger partial charge in [-0.1, -0.05) is 35.9 Å². The Balaban J connectivity index is 2.36. The molecule has 0 spiro atoms. The number of nitrogens with two attached hydrogens (primary N) is 1. The van der Waals surface area contributed by atoms with Crippen LogP contribution in [-0.4, -0.2) is 13.1 Å². The SMILES string of the molecule is CNC(CC(C)N)c1ccc2cc(C)ccc2c1. The summed E-state index contributed by atoms with van der Waals surface area (Å²) in [7, 11) is 1.99. The number of benzene rings is 2. The highest BCUT2D eigenvalue weighted by molar-refractivity contribution is 5.83. The second-order valence-corrected chi connectivity index (χ2v) is 5.16. The lowest BCUT2D eigenvalue weighted by Gasteiger charge is -2.19. The standard InChI is InChI=1S/C16H22N2/c1-11-4-5-14-10-15(7-6-13(14)8-11)16(18-3)9-12(2)17/h4-8,10,12,16,18H,9,17H2,1-3H3. The predicted octanol–water partition coefficient (Wildman–Crippen LogP) is 3.15. The molecule has 0 aromatic heterocycles. The molecule has 2 rings (SSSR count). The van der Waals surface area contributed by atoms with Crippen molar-refractivity contribution in [1.82, 2.24) is 5.32 Å². The summed E-state index contributed by atoms with van der Waals surface area (Å²) in [5.74, 6) is 0. The lowest BCUT2D eigenvalue weighted by atomic mass is 9.97. The first-order chi connectivity index (χ1) is 8.60. The Bertz CT molecular complexity index is 532. The van der Waals surface area contributed by atoms with E-state index in [1.165, 1.54) is 21.9 Å². The molecule has 2 heteroatoms. The summed E-state index contributed by atoms with van der Waals surface area (Å²) in [6, 6.07) is 13.8. The number of aryl methyl sites for hydroxylation is 1. The molecule has 0 aliphatic rings. The van der Waals surface area contributed by atoms with Crippen molar-refractivity contribution in [2.24, 2.45) is 5.73 Å². The van der Waals surface area contributed by atoms with Crippen molar-refractivity contribution in [2.75, 3.05) is 7.05 Å². The topological polar surface area (TPSA) is 38.0 Å². The van der Waals surface area contributed by atoms with Gasteiger partial charge in [0.05, 0.1) is 0 Å². The highest BCUT2D eigenvalue weighted by Crippen LogP contribution is 2.23. The second kappa shape index (κ2) is 5.51. The molecule has 96 valence electrons. The molecule has 2 atom stereocenters. The smallest absolute Gasteiger partial charge is 0.0332 e. The van der Waals surface area contributed by atoms with Gasteiger partial charge in [0.25, 0.3) is 0 Å². The fraction of sp³-hybridized carbons (Fsp3) is 0.375. The minimum absolute atomic E-state index is 0.205.